The molecule has 1 heterocycles. The first-order valence-electron chi connectivity index (χ1n) is 4.32. The van der Waals surface area contributed by atoms with E-state index in [1.54, 1.807) is 18.2 Å². The Kier molecular flexibility index (Phi) is 2.70. The van der Waals surface area contributed by atoms with Crippen molar-refractivity contribution in [2.75, 3.05) is 0 Å². The molecular formula is C10H8ClFN2O. The van der Waals surface area contributed by atoms with Crippen LogP contribution in [0.15, 0.2) is 30.5 Å². The van der Waals surface area contributed by atoms with E-state index in [0.717, 1.165) is 0 Å². The number of aromatic nitrogens is 2. The molecule has 1 aromatic carbocycles. The van der Waals surface area contributed by atoms with Crippen molar-refractivity contribution in [1.82, 2.24) is 9.78 Å². The van der Waals surface area contributed by atoms with Gasteiger partial charge in [0.2, 0.25) is 0 Å². The predicted octanol–water partition coefficient (Wildman–Crippen LogP) is 2.16. The zero-order valence-corrected chi connectivity index (χ0v) is 8.45. The molecule has 0 radical (unpaired) electrons. The molecule has 2 aromatic rings. The minimum absolute atomic E-state index is 0.215. The van der Waals surface area contributed by atoms with Crippen LogP contribution in [0, 0.1) is 5.82 Å². The minimum Gasteiger partial charge on any atom is -0.392 e. The maximum absolute atomic E-state index is 13.4. The second-order valence-corrected chi connectivity index (χ2v) is 3.34. The lowest BCUT2D eigenvalue weighted by Crippen LogP contribution is -1.99. The Hall–Kier alpha value is -1.39. The number of rotatable bonds is 2. The molecule has 0 saturated carbocycles. The zero-order chi connectivity index (χ0) is 10.8. The first-order valence-corrected chi connectivity index (χ1v) is 4.70. The van der Waals surface area contributed by atoms with Crippen LogP contribution >= 0.6 is 11.6 Å². The Morgan fingerprint density at radius 2 is 2.13 bits per heavy atom. The van der Waals surface area contributed by atoms with Gasteiger partial charge in [0.15, 0.2) is 0 Å². The molecule has 5 heteroatoms. The monoisotopic (exact) mass is 226 g/mol. The van der Waals surface area contributed by atoms with Gasteiger partial charge in [0.1, 0.15) is 16.7 Å². The highest BCUT2D eigenvalue weighted by Crippen LogP contribution is 2.21. The van der Waals surface area contributed by atoms with Crippen molar-refractivity contribution in [3.05, 3.63) is 47.0 Å². The number of hydrogen-bond acceptors (Lipinski definition) is 2. The summed E-state index contributed by atoms with van der Waals surface area (Å²) in [5, 5.41) is 13.0. The third-order valence-corrected chi connectivity index (χ3v) is 2.43. The number of hydrogen-bond donors (Lipinski definition) is 1. The van der Waals surface area contributed by atoms with E-state index in [-0.39, 0.29) is 17.4 Å². The number of benzene rings is 1. The maximum Gasteiger partial charge on any atom is 0.148 e. The molecule has 0 fully saturated rings. The molecule has 0 atom stereocenters. The smallest absolute Gasteiger partial charge is 0.148 e. The van der Waals surface area contributed by atoms with Gasteiger partial charge in [0.25, 0.3) is 0 Å². The molecule has 1 N–H and O–H groups in total. The van der Waals surface area contributed by atoms with Gasteiger partial charge in [-0.2, -0.15) is 5.10 Å². The molecule has 0 saturated heterocycles. The second kappa shape index (κ2) is 4.00. The molecule has 0 aliphatic carbocycles. The Labute approximate surface area is 90.7 Å². The lowest BCUT2D eigenvalue weighted by atomic mass is 10.3. The van der Waals surface area contributed by atoms with Gasteiger partial charge in [-0.1, -0.05) is 23.7 Å². The molecule has 1 aromatic heterocycles. The van der Waals surface area contributed by atoms with E-state index in [2.05, 4.69) is 5.10 Å². The molecule has 0 bridgehead atoms. The van der Waals surface area contributed by atoms with Gasteiger partial charge in [0.05, 0.1) is 12.8 Å². The zero-order valence-electron chi connectivity index (χ0n) is 7.69. The van der Waals surface area contributed by atoms with E-state index in [1.165, 1.54) is 16.9 Å². The normalized spacial score (nSPS) is 10.6. The van der Waals surface area contributed by atoms with Gasteiger partial charge >= 0.3 is 0 Å². The van der Waals surface area contributed by atoms with Crippen LogP contribution in [-0.2, 0) is 6.61 Å². The van der Waals surface area contributed by atoms with Crippen molar-refractivity contribution >= 4 is 11.6 Å². The number of para-hydroxylation sites is 1. The standard InChI is InChI=1S/C10H8ClFN2O/c11-10-7(6-15)5-13-14(10)9-4-2-1-3-8(9)12/h1-5,15H,6H2. The highest BCUT2D eigenvalue weighted by atomic mass is 35.5. The van der Waals surface area contributed by atoms with E-state index in [9.17, 15) is 4.39 Å². The molecule has 78 valence electrons. The fourth-order valence-corrected chi connectivity index (χ4v) is 1.51. The number of aliphatic hydroxyl groups excluding tert-OH is 1. The van der Waals surface area contributed by atoms with E-state index in [1.807, 2.05) is 0 Å². The number of aliphatic hydroxyl groups is 1. The minimum atomic E-state index is -0.410. The fourth-order valence-electron chi connectivity index (χ4n) is 1.26. The molecule has 3 nitrogen and oxygen atoms in total. The van der Waals surface area contributed by atoms with E-state index in [0.29, 0.717) is 5.56 Å². The van der Waals surface area contributed by atoms with Crippen LogP contribution in [0.5, 0.6) is 0 Å². The van der Waals surface area contributed by atoms with Crippen molar-refractivity contribution in [3.63, 3.8) is 0 Å². The van der Waals surface area contributed by atoms with Crippen molar-refractivity contribution in [3.8, 4) is 5.69 Å². The molecule has 0 aliphatic heterocycles. The lowest BCUT2D eigenvalue weighted by molar-refractivity contribution is 0.282. The van der Waals surface area contributed by atoms with E-state index < -0.39 is 5.82 Å². The first kappa shape index (κ1) is 10.1. The Bertz CT molecular complexity index is 484. The highest BCUT2D eigenvalue weighted by molar-refractivity contribution is 6.30. The fraction of sp³-hybridized carbons (Fsp3) is 0.100. The number of halogens is 2. The second-order valence-electron chi connectivity index (χ2n) is 2.98. The average molecular weight is 227 g/mol. The topological polar surface area (TPSA) is 38.1 Å². The third-order valence-electron chi connectivity index (χ3n) is 2.03. The van der Waals surface area contributed by atoms with Gasteiger partial charge in [-0.05, 0) is 12.1 Å². The van der Waals surface area contributed by atoms with Crippen molar-refractivity contribution in [1.29, 1.82) is 0 Å². The largest absolute Gasteiger partial charge is 0.392 e. The summed E-state index contributed by atoms with van der Waals surface area (Å²) in [4.78, 5) is 0. The van der Waals surface area contributed by atoms with Crippen molar-refractivity contribution in [2.24, 2.45) is 0 Å². The summed E-state index contributed by atoms with van der Waals surface area (Å²) in [7, 11) is 0. The number of nitrogens with zero attached hydrogens (tertiary/aromatic N) is 2. The quantitative estimate of drug-likeness (QED) is 0.852. The molecule has 0 aliphatic rings. The lowest BCUT2D eigenvalue weighted by Gasteiger charge is -2.04. The van der Waals surface area contributed by atoms with Crippen LogP contribution in [0.4, 0.5) is 4.39 Å². The molecular weight excluding hydrogens is 219 g/mol. The Balaban J connectivity index is 2.55. The summed E-state index contributed by atoms with van der Waals surface area (Å²) in [6.07, 6.45) is 1.41. The van der Waals surface area contributed by atoms with Gasteiger partial charge in [-0.15, -0.1) is 0 Å². The molecule has 15 heavy (non-hydrogen) atoms. The van der Waals surface area contributed by atoms with Gasteiger partial charge in [-0.3, -0.25) is 0 Å². The Morgan fingerprint density at radius 3 is 2.73 bits per heavy atom. The molecule has 2 rings (SSSR count). The molecule has 0 amide bonds. The van der Waals surface area contributed by atoms with E-state index >= 15 is 0 Å². The first-order chi connectivity index (χ1) is 7.24. The van der Waals surface area contributed by atoms with Gasteiger partial charge < -0.3 is 5.11 Å². The summed E-state index contributed by atoms with van der Waals surface area (Å²) >= 11 is 5.90. The van der Waals surface area contributed by atoms with Crippen molar-refractivity contribution in [2.45, 2.75) is 6.61 Å². The van der Waals surface area contributed by atoms with Crippen LogP contribution < -0.4 is 0 Å². The Morgan fingerprint density at radius 1 is 1.40 bits per heavy atom. The van der Waals surface area contributed by atoms with Gasteiger partial charge in [0, 0.05) is 5.56 Å². The third kappa shape index (κ3) is 1.73. The summed E-state index contributed by atoms with van der Waals surface area (Å²) < 4.78 is 14.6. The van der Waals surface area contributed by atoms with Crippen LogP contribution in [0.2, 0.25) is 5.15 Å². The van der Waals surface area contributed by atoms with Crippen LogP contribution in [0.25, 0.3) is 5.69 Å². The average Bonchev–Trinajstić information content (AvgIpc) is 2.60. The summed E-state index contributed by atoms with van der Waals surface area (Å²) in [5.74, 6) is -0.410. The SMILES string of the molecule is OCc1cnn(-c2ccccc2F)c1Cl. The summed E-state index contributed by atoms with van der Waals surface area (Å²) in [6.45, 7) is -0.215. The van der Waals surface area contributed by atoms with E-state index in [4.69, 9.17) is 16.7 Å². The van der Waals surface area contributed by atoms with Crippen LogP contribution in [-0.4, -0.2) is 14.9 Å². The van der Waals surface area contributed by atoms with Crippen LogP contribution in [0.1, 0.15) is 5.56 Å². The molecule has 0 unspecified atom stereocenters. The summed E-state index contributed by atoms with van der Waals surface area (Å²) in [6, 6.07) is 6.17. The van der Waals surface area contributed by atoms with Crippen molar-refractivity contribution < 1.29 is 9.50 Å². The maximum atomic E-state index is 13.4. The predicted molar refractivity (Wildman–Crippen MR) is 54.5 cm³/mol. The van der Waals surface area contributed by atoms with Gasteiger partial charge in [-0.25, -0.2) is 9.07 Å². The highest BCUT2D eigenvalue weighted by Gasteiger charge is 2.11. The molecule has 0 spiro atoms. The summed E-state index contributed by atoms with van der Waals surface area (Å²) in [5.41, 5.74) is 0.738. The van der Waals surface area contributed by atoms with Crippen LogP contribution in [0.3, 0.4) is 0 Å².